The van der Waals surface area contributed by atoms with Gasteiger partial charge in [0.15, 0.2) is 0 Å². The molecule has 11 rings (SSSR count). The first-order chi connectivity index (χ1) is 24.3. The van der Waals surface area contributed by atoms with E-state index in [4.69, 9.17) is 4.98 Å². The Labute approximate surface area is 291 Å². The Morgan fingerprint density at radius 1 is 0.440 bits per heavy atom. The van der Waals surface area contributed by atoms with Crippen molar-refractivity contribution in [3.63, 3.8) is 0 Å². The number of para-hydroxylation sites is 2. The molecule has 0 N–H and O–H groups in total. The maximum absolute atomic E-state index is 5.29. The van der Waals surface area contributed by atoms with Crippen molar-refractivity contribution in [2.45, 2.75) is 38.5 Å². The highest BCUT2D eigenvalue weighted by Gasteiger charge is 2.37. The van der Waals surface area contributed by atoms with Crippen LogP contribution < -0.4 is 0 Å². The largest absolute Gasteiger partial charge is 0.308 e. The van der Waals surface area contributed by atoms with Crippen molar-refractivity contribution in [2.75, 3.05) is 0 Å². The molecule has 0 spiro atoms. The van der Waals surface area contributed by atoms with Crippen molar-refractivity contribution in [1.29, 1.82) is 0 Å². The molecule has 0 fully saturated rings. The van der Waals surface area contributed by atoms with E-state index < -0.39 is 0 Å². The van der Waals surface area contributed by atoms with Crippen molar-refractivity contribution < 1.29 is 0 Å². The van der Waals surface area contributed by atoms with Gasteiger partial charge in [-0.1, -0.05) is 125 Å². The van der Waals surface area contributed by atoms with Crippen LogP contribution in [0, 0.1) is 0 Å². The summed E-state index contributed by atoms with van der Waals surface area (Å²) in [5.41, 5.74) is 18.7. The summed E-state index contributed by atoms with van der Waals surface area (Å²) in [5, 5.41) is 3.62. The third-order valence-corrected chi connectivity index (χ3v) is 12.0. The van der Waals surface area contributed by atoms with Gasteiger partial charge >= 0.3 is 0 Å². The van der Waals surface area contributed by atoms with Crippen LogP contribution in [0.15, 0.2) is 140 Å². The van der Waals surface area contributed by atoms with Crippen LogP contribution in [0.3, 0.4) is 0 Å². The Morgan fingerprint density at radius 2 is 0.920 bits per heavy atom. The molecule has 6 aromatic carbocycles. The van der Waals surface area contributed by atoms with Crippen molar-refractivity contribution >= 4 is 43.7 Å². The molecule has 0 bridgehead atoms. The van der Waals surface area contributed by atoms with E-state index in [2.05, 4.69) is 176 Å². The summed E-state index contributed by atoms with van der Waals surface area (Å²) >= 11 is 0. The van der Waals surface area contributed by atoms with Gasteiger partial charge in [-0.25, -0.2) is 0 Å². The Hall–Kier alpha value is -5.93. The Bertz CT molecular complexity index is 2930. The van der Waals surface area contributed by atoms with Crippen molar-refractivity contribution in [3.05, 3.63) is 162 Å². The Balaban J connectivity index is 1.23. The first-order valence-electron chi connectivity index (χ1n) is 17.6. The fraction of sp³-hybridized carbons (Fsp3) is 0.128. The van der Waals surface area contributed by atoms with Gasteiger partial charge in [0.2, 0.25) is 0 Å². The predicted octanol–water partition coefficient (Wildman–Crippen LogP) is 11.9. The molecule has 0 amide bonds. The third kappa shape index (κ3) is 3.37. The molecule has 9 aromatic rings. The normalized spacial score (nSPS) is 15.1. The topological polar surface area (TPSA) is 22.8 Å². The first-order valence-corrected chi connectivity index (χ1v) is 17.6. The molecule has 2 aliphatic rings. The van der Waals surface area contributed by atoms with Crippen LogP contribution in [0.25, 0.3) is 77.4 Å². The molecule has 3 heteroatoms. The lowest BCUT2D eigenvalue weighted by Gasteiger charge is -2.21. The number of pyridine rings is 1. The number of fused-ring (bicyclic) bond motifs is 13. The minimum atomic E-state index is -0.0425. The zero-order chi connectivity index (χ0) is 33.5. The van der Waals surface area contributed by atoms with E-state index >= 15 is 0 Å². The van der Waals surface area contributed by atoms with Crippen molar-refractivity contribution in [2.24, 2.45) is 0 Å². The summed E-state index contributed by atoms with van der Waals surface area (Å²) in [4.78, 5) is 5.29. The lowest BCUT2D eigenvalue weighted by molar-refractivity contribution is 0.660. The molecule has 3 heterocycles. The van der Waals surface area contributed by atoms with E-state index in [9.17, 15) is 0 Å². The van der Waals surface area contributed by atoms with Gasteiger partial charge in [0.05, 0.1) is 33.8 Å². The number of nitrogens with zero attached hydrogens (tertiary/aromatic N) is 3. The summed E-state index contributed by atoms with van der Waals surface area (Å²) < 4.78 is 4.89. The fourth-order valence-electron chi connectivity index (χ4n) is 9.58. The smallest absolute Gasteiger partial charge is 0.0971 e. The molecular formula is C47H35N3. The van der Waals surface area contributed by atoms with Crippen LogP contribution in [-0.4, -0.2) is 14.1 Å². The van der Waals surface area contributed by atoms with E-state index in [0.717, 1.165) is 27.9 Å². The standard InChI is InChI=1S/C47H35N3/c1-46(2)36-17-9-5-13-30(36)34-25-28(21-23-38(34)46)49-40-19-11-7-15-32(40)43-42(49)27-48-44-33-16-8-12-20-41(33)50(45(43)44)29-22-24-39-35(26-29)31-14-6-10-18-37(31)47(39,3)4/h5-27H,1-4H3. The Kier molecular flexibility index (Phi) is 5.25. The van der Waals surface area contributed by atoms with Crippen molar-refractivity contribution in [3.8, 4) is 33.6 Å². The molecule has 0 aliphatic heterocycles. The first kappa shape index (κ1) is 28.0. The van der Waals surface area contributed by atoms with Gasteiger partial charge in [-0.3, -0.25) is 4.98 Å². The fourth-order valence-corrected chi connectivity index (χ4v) is 9.58. The second-order valence-electron chi connectivity index (χ2n) is 15.2. The third-order valence-electron chi connectivity index (χ3n) is 12.0. The van der Waals surface area contributed by atoms with Gasteiger partial charge in [0, 0.05) is 38.4 Å². The van der Waals surface area contributed by atoms with E-state index in [0.29, 0.717) is 0 Å². The van der Waals surface area contributed by atoms with E-state index in [1.54, 1.807) is 0 Å². The highest BCUT2D eigenvalue weighted by atomic mass is 15.0. The van der Waals surface area contributed by atoms with E-state index in [-0.39, 0.29) is 10.8 Å². The van der Waals surface area contributed by atoms with Crippen LogP contribution in [-0.2, 0) is 10.8 Å². The second kappa shape index (κ2) is 9.40. The SMILES string of the molecule is CC1(C)c2ccccc2-c2cc(-n3c4ccccc4c4c3cnc3c5ccccc5n(-c5ccc6c(c5)-c5ccccc5C6(C)C)c34)ccc21. The van der Waals surface area contributed by atoms with Crippen LogP contribution in [0.2, 0.25) is 0 Å². The zero-order valence-electron chi connectivity index (χ0n) is 28.6. The summed E-state index contributed by atoms with van der Waals surface area (Å²) in [6.45, 7) is 9.38. The lowest BCUT2D eigenvalue weighted by Crippen LogP contribution is -2.14. The number of benzene rings is 6. The molecule has 238 valence electrons. The quantitative estimate of drug-likeness (QED) is 0.184. The molecule has 0 saturated heterocycles. The second-order valence-corrected chi connectivity index (χ2v) is 15.2. The predicted molar refractivity (Wildman–Crippen MR) is 208 cm³/mol. The molecule has 0 saturated carbocycles. The molecule has 3 aromatic heterocycles. The Morgan fingerprint density at radius 3 is 1.54 bits per heavy atom. The van der Waals surface area contributed by atoms with Crippen LogP contribution in [0.5, 0.6) is 0 Å². The number of hydrogen-bond donors (Lipinski definition) is 0. The van der Waals surface area contributed by atoms with E-state index in [1.165, 1.54) is 71.7 Å². The van der Waals surface area contributed by atoms with Gasteiger partial charge in [0.1, 0.15) is 0 Å². The molecule has 50 heavy (non-hydrogen) atoms. The van der Waals surface area contributed by atoms with Crippen LogP contribution in [0.1, 0.15) is 49.9 Å². The summed E-state index contributed by atoms with van der Waals surface area (Å²) in [6.07, 6.45) is 2.10. The summed E-state index contributed by atoms with van der Waals surface area (Å²) in [6, 6.07) is 49.5. The molecule has 3 nitrogen and oxygen atoms in total. The average molecular weight is 642 g/mol. The average Bonchev–Trinajstić information content (AvgIpc) is 3.80. The van der Waals surface area contributed by atoms with Crippen LogP contribution in [0.4, 0.5) is 0 Å². The van der Waals surface area contributed by atoms with Gasteiger partial charge in [-0.05, 0) is 80.9 Å². The number of aromatic nitrogens is 3. The van der Waals surface area contributed by atoms with E-state index in [1.807, 2.05) is 0 Å². The highest BCUT2D eigenvalue weighted by Crippen LogP contribution is 2.51. The minimum Gasteiger partial charge on any atom is -0.308 e. The van der Waals surface area contributed by atoms with Gasteiger partial charge < -0.3 is 9.13 Å². The molecular weight excluding hydrogens is 607 g/mol. The van der Waals surface area contributed by atoms with Gasteiger partial charge in [-0.2, -0.15) is 0 Å². The lowest BCUT2D eigenvalue weighted by atomic mass is 9.82. The minimum absolute atomic E-state index is 0.0362. The van der Waals surface area contributed by atoms with Gasteiger partial charge in [0.25, 0.3) is 0 Å². The summed E-state index contributed by atoms with van der Waals surface area (Å²) in [5.74, 6) is 0. The maximum atomic E-state index is 5.29. The number of rotatable bonds is 2. The zero-order valence-corrected chi connectivity index (χ0v) is 28.6. The highest BCUT2D eigenvalue weighted by molar-refractivity contribution is 6.24. The van der Waals surface area contributed by atoms with Gasteiger partial charge in [-0.15, -0.1) is 0 Å². The molecule has 2 aliphatic carbocycles. The monoisotopic (exact) mass is 641 g/mol. The van der Waals surface area contributed by atoms with Crippen molar-refractivity contribution in [1.82, 2.24) is 14.1 Å². The maximum Gasteiger partial charge on any atom is 0.0971 e. The molecule has 0 unspecified atom stereocenters. The molecule has 0 atom stereocenters. The van der Waals surface area contributed by atoms with Crippen LogP contribution >= 0.6 is 0 Å². The number of hydrogen-bond acceptors (Lipinski definition) is 1. The summed E-state index contributed by atoms with van der Waals surface area (Å²) in [7, 11) is 0. The molecule has 0 radical (unpaired) electrons.